The lowest BCUT2D eigenvalue weighted by molar-refractivity contribution is -0.268. The van der Waals surface area contributed by atoms with Crippen LogP contribution in [-0.4, -0.2) is 62.3 Å². The number of aromatic nitrogens is 4. The molecule has 2 amide bonds. The van der Waals surface area contributed by atoms with Gasteiger partial charge in [0.15, 0.2) is 6.29 Å². The number of urea groups is 1. The van der Waals surface area contributed by atoms with Gasteiger partial charge in [0.25, 0.3) is 0 Å². The second-order valence-corrected chi connectivity index (χ2v) is 14.7. The SMILES string of the molecule is COC(=O)[C@H](Cc1ccccc1)NC(=O)NCc1cccc(-c2ccc([C@H]3O[C@@H](CSc4nnnn4-c4ccccc4)[C@@H](C)[C@@H](c4ccc(CO)cc4)O3)cc2)c1. The zero-order chi connectivity index (χ0) is 39.6. The molecule has 1 aliphatic rings. The van der Waals surface area contributed by atoms with E-state index in [1.54, 1.807) is 4.68 Å². The number of thioether (sulfide) groups is 1. The monoisotopic (exact) mass is 784 g/mol. The highest BCUT2D eigenvalue weighted by Crippen LogP contribution is 2.43. The Morgan fingerprint density at radius 3 is 2.25 bits per heavy atom. The molecule has 0 spiro atoms. The van der Waals surface area contributed by atoms with Gasteiger partial charge < -0.3 is 30.0 Å². The van der Waals surface area contributed by atoms with Crippen molar-refractivity contribution in [2.75, 3.05) is 12.9 Å². The molecule has 5 atom stereocenters. The minimum atomic E-state index is -0.822. The quantitative estimate of drug-likeness (QED) is 0.0780. The fourth-order valence-electron chi connectivity index (χ4n) is 6.74. The lowest BCUT2D eigenvalue weighted by Gasteiger charge is -2.41. The zero-order valence-electron chi connectivity index (χ0n) is 31.6. The number of benzene rings is 5. The third-order valence-electron chi connectivity index (χ3n) is 9.91. The van der Waals surface area contributed by atoms with Crippen molar-refractivity contribution in [3.05, 3.63) is 161 Å². The summed E-state index contributed by atoms with van der Waals surface area (Å²) in [5.74, 6) is 0.0661. The van der Waals surface area contributed by atoms with Gasteiger partial charge in [0.05, 0.1) is 31.6 Å². The predicted octanol–water partition coefficient (Wildman–Crippen LogP) is 6.99. The number of para-hydroxylation sites is 1. The fraction of sp³-hybridized carbons (Fsp3) is 0.250. The van der Waals surface area contributed by atoms with Crippen LogP contribution in [0.5, 0.6) is 0 Å². The van der Waals surface area contributed by atoms with Gasteiger partial charge in [-0.15, -0.1) is 5.10 Å². The number of amides is 2. The van der Waals surface area contributed by atoms with Crippen LogP contribution in [-0.2, 0) is 38.6 Å². The molecule has 6 aromatic rings. The summed E-state index contributed by atoms with van der Waals surface area (Å²) in [5, 5.41) is 28.4. The van der Waals surface area contributed by atoms with Crippen molar-refractivity contribution in [2.45, 2.75) is 56.2 Å². The zero-order valence-corrected chi connectivity index (χ0v) is 32.4. The molecule has 3 N–H and O–H groups in total. The van der Waals surface area contributed by atoms with Gasteiger partial charge in [0.1, 0.15) is 6.04 Å². The molecule has 12 nitrogen and oxygen atoms in total. The lowest BCUT2D eigenvalue weighted by Crippen LogP contribution is -2.47. The molecule has 1 aromatic heterocycles. The summed E-state index contributed by atoms with van der Waals surface area (Å²) < 4.78 is 20.0. The van der Waals surface area contributed by atoms with Crippen molar-refractivity contribution in [1.29, 1.82) is 0 Å². The minimum absolute atomic E-state index is 0.0114. The average molecular weight is 785 g/mol. The topological polar surface area (TPSA) is 150 Å². The molecule has 5 aromatic carbocycles. The number of nitrogens with one attached hydrogen (secondary N) is 2. The average Bonchev–Trinajstić information content (AvgIpc) is 3.74. The highest BCUT2D eigenvalue weighted by atomic mass is 32.2. The maximum Gasteiger partial charge on any atom is 0.328 e. The molecule has 0 radical (unpaired) electrons. The van der Waals surface area contributed by atoms with Crippen LogP contribution in [0, 0.1) is 5.92 Å². The first-order valence-electron chi connectivity index (χ1n) is 18.7. The molecule has 2 heterocycles. The summed E-state index contributed by atoms with van der Waals surface area (Å²) in [4.78, 5) is 25.3. The van der Waals surface area contributed by atoms with Crippen molar-refractivity contribution in [2.24, 2.45) is 5.92 Å². The first kappa shape index (κ1) is 39.4. The third-order valence-corrected chi connectivity index (χ3v) is 10.9. The van der Waals surface area contributed by atoms with Crippen molar-refractivity contribution in [1.82, 2.24) is 30.8 Å². The van der Waals surface area contributed by atoms with E-state index in [4.69, 9.17) is 14.2 Å². The van der Waals surface area contributed by atoms with Crippen LogP contribution in [0.3, 0.4) is 0 Å². The molecule has 1 saturated heterocycles. The van der Waals surface area contributed by atoms with E-state index in [0.29, 0.717) is 17.3 Å². The van der Waals surface area contributed by atoms with Gasteiger partial charge in [-0.1, -0.05) is 134 Å². The number of aliphatic hydroxyl groups excluding tert-OH is 1. The summed E-state index contributed by atoms with van der Waals surface area (Å²) in [6, 6.07) is 41.8. The largest absolute Gasteiger partial charge is 0.467 e. The number of hydrogen-bond acceptors (Lipinski definition) is 10. The molecule has 57 heavy (non-hydrogen) atoms. The lowest BCUT2D eigenvalue weighted by atomic mass is 9.91. The summed E-state index contributed by atoms with van der Waals surface area (Å²) in [6.45, 7) is 2.36. The molecule has 13 heteroatoms. The van der Waals surface area contributed by atoms with E-state index in [0.717, 1.165) is 44.6 Å². The Bertz CT molecular complexity index is 2220. The Morgan fingerprint density at radius 1 is 0.825 bits per heavy atom. The van der Waals surface area contributed by atoms with E-state index < -0.39 is 24.3 Å². The minimum Gasteiger partial charge on any atom is -0.467 e. The third kappa shape index (κ3) is 9.94. The van der Waals surface area contributed by atoms with Crippen LogP contribution in [0.2, 0.25) is 0 Å². The highest BCUT2D eigenvalue weighted by molar-refractivity contribution is 7.99. The van der Waals surface area contributed by atoms with E-state index in [1.165, 1.54) is 18.9 Å². The Kier molecular flexibility index (Phi) is 13.0. The number of methoxy groups -OCH3 is 1. The van der Waals surface area contributed by atoms with Crippen LogP contribution in [0.4, 0.5) is 4.79 Å². The number of carbonyl (C=O) groups excluding carboxylic acids is 2. The van der Waals surface area contributed by atoms with Gasteiger partial charge in [-0.05, 0) is 62.0 Å². The summed E-state index contributed by atoms with van der Waals surface area (Å²) in [5.41, 5.74) is 7.35. The van der Waals surface area contributed by atoms with Crippen molar-refractivity contribution < 1.29 is 28.9 Å². The normalized spacial score (nSPS) is 18.4. The summed E-state index contributed by atoms with van der Waals surface area (Å²) in [7, 11) is 1.31. The number of nitrogens with zero attached hydrogens (tertiary/aromatic N) is 4. The van der Waals surface area contributed by atoms with Gasteiger partial charge in [-0.2, -0.15) is 4.68 Å². The fourth-order valence-corrected chi connectivity index (χ4v) is 7.79. The van der Waals surface area contributed by atoms with Crippen molar-refractivity contribution in [3.63, 3.8) is 0 Å². The molecule has 0 aliphatic carbocycles. The van der Waals surface area contributed by atoms with Gasteiger partial charge in [0, 0.05) is 30.2 Å². The Balaban J connectivity index is 1.03. The molecule has 0 bridgehead atoms. The number of ether oxygens (including phenoxy) is 3. The molecule has 0 unspecified atom stereocenters. The maximum atomic E-state index is 12.9. The second-order valence-electron chi connectivity index (χ2n) is 13.8. The number of tetrazole rings is 1. The first-order chi connectivity index (χ1) is 27.9. The molecular weight excluding hydrogens is 741 g/mol. The van der Waals surface area contributed by atoms with Gasteiger partial charge >= 0.3 is 12.0 Å². The maximum absolute atomic E-state index is 12.9. The van der Waals surface area contributed by atoms with Crippen LogP contribution >= 0.6 is 11.8 Å². The van der Waals surface area contributed by atoms with Crippen LogP contribution < -0.4 is 10.6 Å². The Morgan fingerprint density at radius 2 is 1.53 bits per heavy atom. The van der Waals surface area contributed by atoms with Gasteiger partial charge in [-0.25, -0.2) is 9.59 Å². The van der Waals surface area contributed by atoms with Gasteiger partial charge in [0.2, 0.25) is 5.16 Å². The molecule has 0 saturated carbocycles. The number of hydrogen-bond donors (Lipinski definition) is 3. The number of aliphatic hydroxyl groups is 1. The summed E-state index contributed by atoms with van der Waals surface area (Å²) in [6.07, 6.45) is -0.802. The van der Waals surface area contributed by atoms with E-state index >= 15 is 0 Å². The molecule has 292 valence electrons. The molecular formula is C44H44N6O6S. The van der Waals surface area contributed by atoms with Crippen molar-refractivity contribution in [3.8, 4) is 16.8 Å². The van der Waals surface area contributed by atoms with E-state index in [1.807, 2.05) is 133 Å². The summed E-state index contributed by atoms with van der Waals surface area (Å²) >= 11 is 1.53. The molecule has 1 aliphatic heterocycles. The van der Waals surface area contributed by atoms with Crippen LogP contribution in [0.1, 0.15) is 47.1 Å². The first-order valence-corrected chi connectivity index (χ1v) is 19.7. The highest BCUT2D eigenvalue weighted by Gasteiger charge is 2.38. The van der Waals surface area contributed by atoms with E-state index in [2.05, 4.69) is 33.1 Å². The standard InChI is InChI=1S/C44H44N6O6S/c1-29-39(28-57-44-47-48-49-50(44)37-14-7-4-8-15-37)55-42(56-40(29)34-18-16-31(27-51)17-19-34)35-22-20-33(21-23-35)36-13-9-12-32(24-36)26-45-43(53)46-38(41(52)54-2)25-30-10-5-3-6-11-30/h3-24,29,38-40,42,51H,25-28H2,1-2H3,(H2,45,46,53)/t29-,38+,39+,40+,42+/m1/s1. The number of esters is 1. The van der Waals surface area contributed by atoms with Crippen molar-refractivity contribution >= 4 is 23.8 Å². The van der Waals surface area contributed by atoms with Crippen LogP contribution in [0.15, 0.2) is 139 Å². The predicted molar refractivity (Wildman–Crippen MR) is 216 cm³/mol. The van der Waals surface area contributed by atoms with E-state index in [-0.39, 0.29) is 31.3 Å². The van der Waals surface area contributed by atoms with Gasteiger partial charge in [-0.3, -0.25) is 0 Å². The smallest absolute Gasteiger partial charge is 0.328 e. The Labute approximate surface area is 335 Å². The molecule has 7 rings (SSSR count). The van der Waals surface area contributed by atoms with E-state index in [9.17, 15) is 14.7 Å². The molecule has 1 fully saturated rings. The number of carbonyl (C=O) groups is 2. The number of rotatable bonds is 14. The van der Waals surface area contributed by atoms with Crippen LogP contribution in [0.25, 0.3) is 16.8 Å². The Hall–Kier alpha value is -5.86. The second kappa shape index (κ2) is 18.9.